The number of aromatic hydroxyl groups is 1. The zero-order valence-electron chi connectivity index (χ0n) is 22.0. The highest BCUT2D eigenvalue weighted by Gasteiger charge is 2.49. The number of piperidine rings is 1. The first kappa shape index (κ1) is 29.2. The van der Waals surface area contributed by atoms with E-state index < -0.39 is 35.4 Å². The monoisotopic (exact) mass is 556 g/mol. The van der Waals surface area contributed by atoms with E-state index in [-0.39, 0.29) is 35.2 Å². The summed E-state index contributed by atoms with van der Waals surface area (Å²) >= 11 is 0. The van der Waals surface area contributed by atoms with Crippen LogP contribution < -0.4 is 5.32 Å². The fourth-order valence-corrected chi connectivity index (χ4v) is 6.21. The largest absolute Gasteiger partial charge is 0.508 e. The van der Waals surface area contributed by atoms with Crippen molar-refractivity contribution in [3.05, 3.63) is 64.7 Å². The van der Waals surface area contributed by atoms with Crippen LogP contribution in [0.5, 0.6) is 5.75 Å². The number of amides is 1. The van der Waals surface area contributed by atoms with Crippen molar-refractivity contribution < 1.29 is 36.2 Å². The number of phenolic OH excluding ortho intramolecular Hbond substituents is 1. The SMILES string of the molecule is CC(C)[C@]1(C(=O)NCc2cc(C(F)(F)F)cc(C(F)(F)F)c2)CC[C@@H](N2CCC(c3cccc(O)c3)CC2)C1. The Morgan fingerprint density at radius 3 is 2.15 bits per heavy atom. The van der Waals surface area contributed by atoms with E-state index in [1.165, 1.54) is 0 Å². The smallest absolute Gasteiger partial charge is 0.416 e. The highest BCUT2D eigenvalue weighted by Crippen LogP contribution is 2.47. The molecule has 4 nitrogen and oxygen atoms in total. The second-order valence-corrected chi connectivity index (χ2v) is 11.2. The molecule has 1 heterocycles. The number of benzene rings is 2. The number of carbonyl (C=O) groups is 1. The molecule has 2 atom stereocenters. The molecule has 214 valence electrons. The Morgan fingerprint density at radius 1 is 1.00 bits per heavy atom. The van der Waals surface area contributed by atoms with Gasteiger partial charge in [-0.05, 0) is 98.5 Å². The maximum Gasteiger partial charge on any atom is 0.416 e. The molecule has 0 spiro atoms. The summed E-state index contributed by atoms with van der Waals surface area (Å²) in [6.45, 7) is 5.15. The van der Waals surface area contributed by atoms with E-state index in [0.717, 1.165) is 37.9 Å². The third kappa shape index (κ3) is 6.53. The first-order valence-electron chi connectivity index (χ1n) is 13.3. The van der Waals surface area contributed by atoms with Crippen molar-refractivity contribution in [2.45, 2.75) is 76.8 Å². The fourth-order valence-electron chi connectivity index (χ4n) is 6.21. The van der Waals surface area contributed by atoms with Crippen molar-refractivity contribution in [2.75, 3.05) is 13.1 Å². The number of carbonyl (C=O) groups excluding carboxylic acids is 1. The molecule has 1 saturated carbocycles. The molecule has 0 aromatic heterocycles. The van der Waals surface area contributed by atoms with Crippen LogP contribution in [-0.2, 0) is 23.7 Å². The van der Waals surface area contributed by atoms with Gasteiger partial charge in [-0.3, -0.25) is 4.79 Å². The number of halogens is 6. The number of nitrogens with one attached hydrogen (secondary N) is 1. The van der Waals surface area contributed by atoms with Crippen molar-refractivity contribution >= 4 is 5.91 Å². The molecule has 4 rings (SSSR count). The van der Waals surface area contributed by atoms with E-state index in [0.29, 0.717) is 30.9 Å². The van der Waals surface area contributed by atoms with E-state index in [4.69, 9.17) is 0 Å². The molecule has 2 aliphatic rings. The molecule has 10 heteroatoms. The van der Waals surface area contributed by atoms with Crippen molar-refractivity contribution in [1.29, 1.82) is 0 Å². The van der Waals surface area contributed by atoms with Gasteiger partial charge in [0.25, 0.3) is 0 Å². The number of likely N-dealkylation sites (tertiary alicyclic amines) is 1. The van der Waals surface area contributed by atoms with Crippen LogP contribution in [0, 0.1) is 11.3 Å². The summed E-state index contributed by atoms with van der Waals surface area (Å²) in [5.74, 6) is 0.209. The zero-order chi connectivity index (χ0) is 28.6. The Morgan fingerprint density at radius 2 is 1.62 bits per heavy atom. The van der Waals surface area contributed by atoms with Crippen LogP contribution >= 0.6 is 0 Å². The van der Waals surface area contributed by atoms with Crippen LogP contribution in [0.4, 0.5) is 26.3 Å². The summed E-state index contributed by atoms with van der Waals surface area (Å²) in [6, 6.07) is 8.89. The number of nitrogens with zero attached hydrogens (tertiary/aromatic N) is 1. The third-order valence-electron chi connectivity index (χ3n) is 8.57. The summed E-state index contributed by atoms with van der Waals surface area (Å²) in [4.78, 5) is 15.8. The molecule has 39 heavy (non-hydrogen) atoms. The molecule has 2 aromatic carbocycles. The van der Waals surface area contributed by atoms with Crippen LogP contribution in [0.1, 0.15) is 74.1 Å². The Bertz CT molecular complexity index is 1140. The van der Waals surface area contributed by atoms with Gasteiger partial charge in [0.05, 0.1) is 16.5 Å². The Hall–Kier alpha value is -2.75. The van der Waals surface area contributed by atoms with Gasteiger partial charge in [-0.2, -0.15) is 26.3 Å². The lowest BCUT2D eigenvalue weighted by Gasteiger charge is -2.38. The predicted octanol–water partition coefficient (Wildman–Crippen LogP) is 7.12. The maximum atomic E-state index is 13.4. The van der Waals surface area contributed by atoms with Crippen LogP contribution in [-0.4, -0.2) is 35.0 Å². The summed E-state index contributed by atoms with van der Waals surface area (Å²) in [5, 5.41) is 12.5. The minimum atomic E-state index is -4.94. The lowest BCUT2D eigenvalue weighted by molar-refractivity contribution is -0.143. The predicted molar refractivity (Wildman–Crippen MR) is 135 cm³/mol. The average Bonchev–Trinajstić information content (AvgIpc) is 3.33. The Balaban J connectivity index is 1.42. The van der Waals surface area contributed by atoms with Gasteiger partial charge in [0.2, 0.25) is 5.91 Å². The summed E-state index contributed by atoms with van der Waals surface area (Å²) in [6.07, 6.45) is -6.04. The van der Waals surface area contributed by atoms with Crippen molar-refractivity contribution in [2.24, 2.45) is 11.3 Å². The molecular formula is C29H34F6N2O2. The van der Waals surface area contributed by atoms with E-state index >= 15 is 0 Å². The van der Waals surface area contributed by atoms with E-state index in [1.54, 1.807) is 12.1 Å². The Kier molecular flexibility index (Phi) is 8.26. The summed E-state index contributed by atoms with van der Waals surface area (Å²) in [7, 11) is 0. The van der Waals surface area contributed by atoms with Crippen molar-refractivity contribution in [1.82, 2.24) is 10.2 Å². The molecular weight excluding hydrogens is 522 g/mol. The lowest BCUT2D eigenvalue weighted by Crippen LogP contribution is -2.45. The Labute approximate surface area is 224 Å². The second-order valence-electron chi connectivity index (χ2n) is 11.2. The molecule has 0 unspecified atom stereocenters. The molecule has 0 radical (unpaired) electrons. The maximum absolute atomic E-state index is 13.4. The lowest BCUT2D eigenvalue weighted by atomic mass is 9.74. The fraction of sp³-hybridized carbons (Fsp3) is 0.552. The number of alkyl halides is 6. The minimum absolute atomic E-state index is 0.0559. The molecule has 2 N–H and O–H groups in total. The summed E-state index contributed by atoms with van der Waals surface area (Å²) < 4.78 is 79.4. The highest BCUT2D eigenvalue weighted by atomic mass is 19.4. The van der Waals surface area contributed by atoms with Gasteiger partial charge in [0, 0.05) is 12.6 Å². The molecule has 1 aliphatic heterocycles. The van der Waals surface area contributed by atoms with E-state index in [2.05, 4.69) is 10.2 Å². The quantitative estimate of drug-likeness (QED) is 0.373. The zero-order valence-corrected chi connectivity index (χ0v) is 22.0. The first-order chi connectivity index (χ1) is 18.2. The summed E-state index contributed by atoms with van der Waals surface area (Å²) in [5.41, 5.74) is -2.67. The van der Waals surface area contributed by atoms with Gasteiger partial charge in [-0.25, -0.2) is 0 Å². The molecule has 2 aromatic rings. The number of hydrogen-bond acceptors (Lipinski definition) is 3. The van der Waals surface area contributed by atoms with Crippen molar-refractivity contribution in [3.8, 4) is 5.75 Å². The normalized spacial score (nSPS) is 23.4. The molecule has 0 bridgehead atoms. The topological polar surface area (TPSA) is 52.6 Å². The van der Waals surface area contributed by atoms with E-state index in [1.807, 2.05) is 26.0 Å². The van der Waals surface area contributed by atoms with Gasteiger partial charge in [-0.15, -0.1) is 0 Å². The highest BCUT2D eigenvalue weighted by molar-refractivity contribution is 5.83. The minimum Gasteiger partial charge on any atom is -0.508 e. The van der Waals surface area contributed by atoms with Crippen LogP contribution in [0.2, 0.25) is 0 Å². The van der Waals surface area contributed by atoms with Crippen LogP contribution in [0.25, 0.3) is 0 Å². The van der Waals surface area contributed by atoms with Gasteiger partial charge in [-0.1, -0.05) is 26.0 Å². The number of hydrogen-bond donors (Lipinski definition) is 2. The van der Waals surface area contributed by atoms with Crippen molar-refractivity contribution in [3.63, 3.8) is 0 Å². The molecule has 1 saturated heterocycles. The molecule has 1 amide bonds. The average molecular weight is 557 g/mol. The molecule has 1 aliphatic carbocycles. The van der Waals surface area contributed by atoms with Gasteiger partial charge in [0.1, 0.15) is 5.75 Å². The number of phenols is 1. The number of rotatable bonds is 6. The van der Waals surface area contributed by atoms with Gasteiger partial charge in [0.15, 0.2) is 0 Å². The third-order valence-corrected chi connectivity index (χ3v) is 8.57. The van der Waals surface area contributed by atoms with Crippen LogP contribution in [0.15, 0.2) is 42.5 Å². The van der Waals surface area contributed by atoms with Crippen LogP contribution in [0.3, 0.4) is 0 Å². The van der Waals surface area contributed by atoms with Gasteiger partial charge < -0.3 is 15.3 Å². The first-order valence-corrected chi connectivity index (χ1v) is 13.3. The van der Waals surface area contributed by atoms with Gasteiger partial charge >= 0.3 is 12.4 Å². The standard InChI is InChI=1S/C29H34F6N2O2/c1-18(2)27(26(39)36-17-19-12-22(28(30,31)32)15-23(13-19)29(33,34)35)9-6-24(16-27)37-10-7-20(8-11-37)21-4-3-5-25(38)14-21/h3-5,12-15,18,20,24,38H,6-11,16-17H2,1-2H3,(H,36,39)/t24-,27+/m1/s1. The van der Waals surface area contributed by atoms with E-state index in [9.17, 15) is 36.2 Å². The second kappa shape index (κ2) is 11.0. The molecule has 2 fully saturated rings.